The molecule has 0 bridgehead atoms. The first-order chi connectivity index (χ1) is 10.6. The monoisotopic (exact) mass is 297 g/mol. The molecule has 1 aliphatic rings. The van der Waals surface area contributed by atoms with Gasteiger partial charge in [-0.2, -0.15) is 0 Å². The van der Waals surface area contributed by atoms with E-state index < -0.39 is 0 Å². The van der Waals surface area contributed by atoms with Gasteiger partial charge in [-0.3, -0.25) is 14.6 Å². The van der Waals surface area contributed by atoms with Crippen LogP contribution in [0.15, 0.2) is 36.5 Å². The molecule has 1 N–H and O–H groups in total. The van der Waals surface area contributed by atoms with Crippen LogP contribution >= 0.6 is 0 Å². The lowest BCUT2D eigenvalue weighted by Gasteiger charge is -2.30. The minimum absolute atomic E-state index is 0.0151. The summed E-state index contributed by atoms with van der Waals surface area (Å²) in [5.74, 6) is 0.0491. The minimum atomic E-state index is -0.0467. The molecule has 1 aliphatic heterocycles. The predicted molar refractivity (Wildman–Crippen MR) is 85.4 cm³/mol. The smallest absolute Gasteiger partial charge is 0.227 e. The summed E-state index contributed by atoms with van der Waals surface area (Å²) >= 11 is 0. The number of hydrogen-bond acceptors (Lipinski definition) is 3. The van der Waals surface area contributed by atoms with E-state index in [9.17, 15) is 9.59 Å². The van der Waals surface area contributed by atoms with Crippen LogP contribution in [0.3, 0.4) is 0 Å². The Balaban J connectivity index is 1.70. The zero-order valence-electron chi connectivity index (χ0n) is 12.6. The summed E-state index contributed by atoms with van der Waals surface area (Å²) in [6.45, 7) is 2.88. The van der Waals surface area contributed by atoms with Gasteiger partial charge in [0.15, 0.2) is 0 Å². The van der Waals surface area contributed by atoms with Crippen LogP contribution in [0.4, 0.5) is 5.69 Å². The number of likely N-dealkylation sites (tertiary alicyclic amines) is 1. The second kappa shape index (κ2) is 6.13. The van der Waals surface area contributed by atoms with Crippen LogP contribution in [-0.2, 0) is 9.59 Å². The number of rotatable bonds is 2. The second-order valence-corrected chi connectivity index (χ2v) is 5.65. The van der Waals surface area contributed by atoms with E-state index in [1.54, 1.807) is 18.0 Å². The van der Waals surface area contributed by atoms with Gasteiger partial charge in [0.2, 0.25) is 11.8 Å². The lowest BCUT2D eigenvalue weighted by Crippen LogP contribution is -2.40. The first kappa shape index (κ1) is 14.5. The number of nitrogens with one attached hydrogen (secondary N) is 1. The van der Waals surface area contributed by atoms with Crippen LogP contribution in [0.25, 0.3) is 10.9 Å². The highest BCUT2D eigenvalue weighted by Crippen LogP contribution is 2.23. The summed E-state index contributed by atoms with van der Waals surface area (Å²) < 4.78 is 0. The molecule has 3 rings (SSSR count). The minimum Gasteiger partial charge on any atom is -0.343 e. The fraction of sp³-hybridized carbons (Fsp3) is 0.353. The first-order valence-electron chi connectivity index (χ1n) is 7.55. The van der Waals surface area contributed by atoms with Crippen LogP contribution in [0.5, 0.6) is 0 Å². The third-order valence-electron chi connectivity index (χ3n) is 4.20. The first-order valence-corrected chi connectivity index (χ1v) is 7.55. The highest BCUT2D eigenvalue weighted by molar-refractivity contribution is 6.01. The van der Waals surface area contributed by atoms with Crippen molar-refractivity contribution in [3.63, 3.8) is 0 Å². The molecular formula is C17H19N3O2. The largest absolute Gasteiger partial charge is 0.343 e. The highest BCUT2D eigenvalue weighted by atomic mass is 16.2. The number of carbonyl (C=O) groups is 2. The van der Waals surface area contributed by atoms with Gasteiger partial charge in [-0.25, -0.2) is 0 Å². The molecule has 0 saturated carbocycles. The van der Waals surface area contributed by atoms with Gasteiger partial charge in [-0.15, -0.1) is 0 Å². The molecule has 2 aromatic rings. The number of aromatic nitrogens is 1. The standard InChI is InChI=1S/C17H19N3O2/c1-12(21)20-10-7-14(8-11-20)17(22)19-15-6-2-4-13-5-3-9-18-16(13)15/h2-6,9,14H,7-8,10-11H2,1H3,(H,19,22). The molecule has 5 nitrogen and oxygen atoms in total. The van der Waals surface area contributed by atoms with E-state index in [2.05, 4.69) is 10.3 Å². The van der Waals surface area contributed by atoms with Gasteiger partial charge in [0.1, 0.15) is 0 Å². The van der Waals surface area contributed by atoms with Gasteiger partial charge >= 0.3 is 0 Å². The molecule has 0 atom stereocenters. The molecule has 0 unspecified atom stereocenters. The Labute approximate surface area is 129 Å². The Bertz CT molecular complexity index is 701. The topological polar surface area (TPSA) is 62.3 Å². The number of piperidine rings is 1. The third-order valence-corrected chi connectivity index (χ3v) is 4.20. The molecule has 1 aromatic carbocycles. The van der Waals surface area contributed by atoms with Crippen molar-refractivity contribution in [2.45, 2.75) is 19.8 Å². The van der Waals surface area contributed by atoms with Crippen LogP contribution in [0.2, 0.25) is 0 Å². The van der Waals surface area contributed by atoms with Gasteiger partial charge in [-0.1, -0.05) is 18.2 Å². The van der Waals surface area contributed by atoms with Gasteiger partial charge in [0.25, 0.3) is 0 Å². The fourth-order valence-electron chi connectivity index (χ4n) is 2.90. The molecule has 2 heterocycles. The van der Waals surface area contributed by atoms with Crippen molar-refractivity contribution >= 4 is 28.4 Å². The number of anilines is 1. The van der Waals surface area contributed by atoms with Gasteiger partial charge in [0, 0.05) is 37.5 Å². The molecule has 5 heteroatoms. The van der Waals surface area contributed by atoms with Crippen LogP contribution < -0.4 is 5.32 Å². The summed E-state index contributed by atoms with van der Waals surface area (Å²) in [7, 11) is 0. The van der Waals surface area contributed by atoms with Crippen molar-refractivity contribution < 1.29 is 9.59 Å². The average Bonchev–Trinajstić information content (AvgIpc) is 2.55. The van der Waals surface area contributed by atoms with Crippen molar-refractivity contribution in [2.24, 2.45) is 5.92 Å². The van der Waals surface area contributed by atoms with Crippen molar-refractivity contribution in [3.8, 4) is 0 Å². The highest BCUT2D eigenvalue weighted by Gasteiger charge is 2.26. The maximum atomic E-state index is 12.4. The molecular weight excluding hydrogens is 278 g/mol. The number of amides is 2. The number of hydrogen-bond donors (Lipinski definition) is 1. The quantitative estimate of drug-likeness (QED) is 0.926. The van der Waals surface area contributed by atoms with E-state index in [0.717, 1.165) is 16.6 Å². The lowest BCUT2D eigenvalue weighted by molar-refractivity contribution is -0.132. The fourth-order valence-corrected chi connectivity index (χ4v) is 2.90. The zero-order chi connectivity index (χ0) is 15.5. The van der Waals surface area contributed by atoms with Crippen LogP contribution in [0.1, 0.15) is 19.8 Å². The molecule has 0 aliphatic carbocycles. The van der Waals surface area contributed by atoms with Crippen molar-refractivity contribution in [2.75, 3.05) is 18.4 Å². The van der Waals surface area contributed by atoms with E-state index in [-0.39, 0.29) is 17.7 Å². The van der Waals surface area contributed by atoms with Crippen molar-refractivity contribution in [1.82, 2.24) is 9.88 Å². The summed E-state index contributed by atoms with van der Waals surface area (Å²) in [6.07, 6.45) is 3.15. The number of fused-ring (bicyclic) bond motifs is 1. The Hall–Kier alpha value is -2.43. The van der Waals surface area contributed by atoms with E-state index >= 15 is 0 Å². The summed E-state index contributed by atoms with van der Waals surface area (Å²) in [4.78, 5) is 29.9. The third kappa shape index (κ3) is 2.93. The lowest BCUT2D eigenvalue weighted by atomic mass is 9.95. The molecule has 0 radical (unpaired) electrons. The maximum absolute atomic E-state index is 12.4. The van der Waals surface area contributed by atoms with Gasteiger partial charge in [0.05, 0.1) is 11.2 Å². The predicted octanol–water partition coefficient (Wildman–Crippen LogP) is 2.43. The van der Waals surface area contributed by atoms with E-state index in [1.807, 2.05) is 30.3 Å². The Morgan fingerprint density at radius 3 is 2.64 bits per heavy atom. The summed E-state index contributed by atoms with van der Waals surface area (Å²) in [5.41, 5.74) is 1.55. The second-order valence-electron chi connectivity index (χ2n) is 5.65. The van der Waals surface area contributed by atoms with Crippen LogP contribution in [0, 0.1) is 5.92 Å². The van der Waals surface area contributed by atoms with Crippen LogP contribution in [-0.4, -0.2) is 34.8 Å². The van der Waals surface area contributed by atoms with Crippen molar-refractivity contribution in [3.05, 3.63) is 36.5 Å². The molecule has 2 amide bonds. The number of para-hydroxylation sites is 1. The number of carbonyl (C=O) groups excluding carboxylic acids is 2. The van der Waals surface area contributed by atoms with E-state index in [1.165, 1.54) is 0 Å². The molecule has 1 fully saturated rings. The van der Waals surface area contributed by atoms with E-state index in [4.69, 9.17) is 0 Å². The van der Waals surface area contributed by atoms with Crippen molar-refractivity contribution in [1.29, 1.82) is 0 Å². The van der Waals surface area contributed by atoms with E-state index in [0.29, 0.717) is 25.9 Å². The number of nitrogens with zero attached hydrogens (tertiary/aromatic N) is 2. The molecule has 0 spiro atoms. The average molecular weight is 297 g/mol. The van der Waals surface area contributed by atoms with Gasteiger partial charge < -0.3 is 10.2 Å². The molecule has 22 heavy (non-hydrogen) atoms. The zero-order valence-corrected chi connectivity index (χ0v) is 12.6. The Morgan fingerprint density at radius 1 is 1.18 bits per heavy atom. The number of pyridine rings is 1. The van der Waals surface area contributed by atoms with Gasteiger partial charge in [-0.05, 0) is 25.0 Å². The summed E-state index contributed by atoms with van der Waals surface area (Å²) in [6, 6.07) is 9.62. The number of benzene rings is 1. The Morgan fingerprint density at radius 2 is 1.91 bits per heavy atom. The maximum Gasteiger partial charge on any atom is 0.227 e. The SMILES string of the molecule is CC(=O)N1CCC(C(=O)Nc2cccc3cccnc23)CC1. The molecule has 1 aromatic heterocycles. The summed E-state index contributed by atoms with van der Waals surface area (Å²) in [5, 5.41) is 4.00. The molecule has 114 valence electrons. The molecule has 1 saturated heterocycles. The normalized spacial score (nSPS) is 15.8. The Kier molecular flexibility index (Phi) is 4.04.